The second-order valence-electron chi connectivity index (χ2n) is 4.19. The van der Waals surface area contributed by atoms with Gasteiger partial charge in [-0.05, 0) is 31.2 Å². The van der Waals surface area contributed by atoms with Gasteiger partial charge in [0.05, 0.1) is 11.6 Å². The van der Waals surface area contributed by atoms with Crippen molar-refractivity contribution in [2.45, 2.75) is 18.9 Å². The van der Waals surface area contributed by atoms with Crippen molar-refractivity contribution in [3.8, 4) is 6.07 Å². The Bertz CT molecular complexity index is 648. The van der Waals surface area contributed by atoms with Crippen LogP contribution in [-0.2, 0) is 7.05 Å². The molecule has 0 bridgehead atoms. The molecule has 0 fully saturated rings. The second kappa shape index (κ2) is 5.07. The quantitative estimate of drug-likeness (QED) is 0.889. The summed E-state index contributed by atoms with van der Waals surface area (Å²) in [5.74, 6) is -0.361. The maximum Gasteiger partial charge on any atom is 0.419 e. The average Bonchev–Trinajstić information content (AvgIpc) is 2.66. The first-order valence-electron chi connectivity index (χ1n) is 5.81. The Morgan fingerprint density at radius 1 is 1.56 bits per heavy atom. The third-order valence-corrected chi connectivity index (χ3v) is 3.11. The minimum absolute atomic E-state index is 0.110. The first kappa shape index (κ1) is 12.4. The molecule has 1 aromatic carbocycles. The summed E-state index contributed by atoms with van der Waals surface area (Å²) in [5.41, 5.74) is 2.41. The second-order valence-corrected chi connectivity index (χ2v) is 4.19. The molecular weight excluding hydrogens is 230 g/mol. The molecule has 1 heterocycles. The zero-order valence-corrected chi connectivity index (χ0v) is 10.4. The Labute approximate surface area is 105 Å². The molecule has 0 saturated carbocycles. The van der Waals surface area contributed by atoms with Crippen LogP contribution in [0.15, 0.2) is 27.4 Å². The van der Waals surface area contributed by atoms with Crippen molar-refractivity contribution in [2.24, 2.45) is 7.05 Å². The molecule has 1 unspecified atom stereocenters. The standard InChI is InChI=1S/C13H15N3O2/c1-15-10(4-3-7-14)9-5-6-12-11(8-9)16(2)13(17)18-12/h5-6,8,10,15H,3-4H2,1-2H3. The van der Waals surface area contributed by atoms with Gasteiger partial charge in [0, 0.05) is 19.5 Å². The predicted molar refractivity (Wildman–Crippen MR) is 68.1 cm³/mol. The number of hydrogen-bond donors (Lipinski definition) is 1. The van der Waals surface area contributed by atoms with Gasteiger partial charge in [-0.15, -0.1) is 0 Å². The monoisotopic (exact) mass is 245 g/mol. The highest BCUT2D eigenvalue weighted by atomic mass is 16.4. The van der Waals surface area contributed by atoms with Crippen molar-refractivity contribution < 1.29 is 4.42 Å². The van der Waals surface area contributed by atoms with Gasteiger partial charge in [-0.2, -0.15) is 5.26 Å². The van der Waals surface area contributed by atoms with Crippen LogP contribution in [0, 0.1) is 11.3 Å². The van der Waals surface area contributed by atoms with Crippen LogP contribution < -0.4 is 11.1 Å². The van der Waals surface area contributed by atoms with E-state index in [9.17, 15) is 4.79 Å². The number of nitriles is 1. The number of nitrogens with zero attached hydrogens (tertiary/aromatic N) is 2. The first-order valence-corrected chi connectivity index (χ1v) is 5.81. The van der Waals surface area contributed by atoms with Crippen LogP contribution in [0.1, 0.15) is 24.4 Å². The lowest BCUT2D eigenvalue weighted by molar-refractivity contribution is 0.528. The van der Waals surface area contributed by atoms with E-state index in [-0.39, 0.29) is 11.8 Å². The van der Waals surface area contributed by atoms with Crippen LogP contribution in [0.3, 0.4) is 0 Å². The summed E-state index contributed by atoms with van der Waals surface area (Å²) < 4.78 is 6.56. The molecule has 18 heavy (non-hydrogen) atoms. The van der Waals surface area contributed by atoms with E-state index in [4.69, 9.17) is 9.68 Å². The molecule has 2 aromatic rings. The van der Waals surface area contributed by atoms with Crippen LogP contribution in [0.4, 0.5) is 0 Å². The molecular formula is C13H15N3O2. The van der Waals surface area contributed by atoms with Gasteiger partial charge < -0.3 is 9.73 Å². The van der Waals surface area contributed by atoms with Gasteiger partial charge in [-0.3, -0.25) is 4.57 Å². The number of hydrogen-bond acceptors (Lipinski definition) is 4. The zero-order valence-electron chi connectivity index (χ0n) is 10.4. The van der Waals surface area contributed by atoms with Crippen LogP contribution >= 0.6 is 0 Å². The number of rotatable bonds is 4. The van der Waals surface area contributed by atoms with Crippen molar-refractivity contribution in [1.29, 1.82) is 5.26 Å². The number of nitrogens with one attached hydrogen (secondary N) is 1. The van der Waals surface area contributed by atoms with E-state index in [0.29, 0.717) is 12.0 Å². The summed E-state index contributed by atoms with van der Waals surface area (Å²) in [4.78, 5) is 11.4. The fourth-order valence-corrected chi connectivity index (χ4v) is 2.05. The molecule has 5 nitrogen and oxygen atoms in total. The Hall–Kier alpha value is -2.06. The summed E-state index contributed by atoms with van der Waals surface area (Å²) in [6.07, 6.45) is 1.23. The van der Waals surface area contributed by atoms with Gasteiger partial charge in [0.25, 0.3) is 0 Å². The Morgan fingerprint density at radius 3 is 3.00 bits per heavy atom. The fraction of sp³-hybridized carbons (Fsp3) is 0.385. The largest absolute Gasteiger partial charge is 0.419 e. The third-order valence-electron chi connectivity index (χ3n) is 3.11. The highest BCUT2D eigenvalue weighted by molar-refractivity contribution is 5.73. The minimum atomic E-state index is -0.361. The molecule has 5 heteroatoms. The Morgan fingerprint density at radius 2 is 2.33 bits per heavy atom. The number of aromatic nitrogens is 1. The molecule has 1 atom stereocenters. The van der Waals surface area contributed by atoms with Crippen molar-refractivity contribution in [3.05, 3.63) is 34.3 Å². The maximum atomic E-state index is 11.4. The molecule has 0 aliphatic carbocycles. The van der Waals surface area contributed by atoms with E-state index < -0.39 is 0 Å². The van der Waals surface area contributed by atoms with Crippen LogP contribution in [0.5, 0.6) is 0 Å². The van der Waals surface area contributed by atoms with Crippen LogP contribution in [0.2, 0.25) is 0 Å². The predicted octanol–water partition coefficient (Wildman–Crippen LogP) is 1.70. The molecule has 1 aromatic heterocycles. The molecule has 2 rings (SSSR count). The van der Waals surface area contributed by atoms with Gasteiger partial charge in [0.1, 0.15) is 0 Å². The lowest BCUT2D eigenvalue weighted by Crippen LogP contribution is -2.16. The molecule has 0 amide bonds. The lowest BCUT2D eigenvalue weighted by atomic mass is 10.0. The van der Waals surface area contributed by atoms with Gasteiger partial charge in [-0.25, -0.2) is 4.79 Å². The van der Waals surface area contributed by atoms with Crippen molar-refractivity contribution in [2.75, 3.05) is 7.05 Å². The van der Waals surface area contributed by atoms with E-state index >= 15 is 0 Å². The summed E-state index contributed by atoms with van der Waals surface area (Å²) >= 11 is 0. The Kier molecular flexibility index (Phi) is 3.49. The highest BCUT2D eigenvalue weighted by Gasteiger charge is 2.12. The summed E-state index contributed by atoms with van der Waals surface area (Å²) in [5, 5.41) is 11.8. The number of benzene rings is 1. The van der Waals surface area contributed by atoms with Crippen LogP contribution in [0.25, 0.3) is 11.1 Å². The van der Waals surface area contributed by atoms with E-state index in [2.05, 4.69) is 11.4 Å². The molecule has 1 N–H and O–H groups in total. The molecule has 0 saturated heterocycles. The van der Waals surface area contributed by atoms with Crippen molar-refractivity contribution >= 4 is 11.1 Å². The smallest absolute Gasteiger partial charge is 0.408 e. The summed E-state index contributed by atoms with van der Waals surface area (Å²) in [6.45, 7) is 0. The molecule has 0 aliphatic heterocycles. The fourth-order valence-electron chi connectivity index (χ4n) is 2.05. The minimum Gasteiger partial charge on any atom is -0.408 e. The van der Waals surface area contributed by atoms with Gasteiger partial charge in [0.2, 0.25) is 0 Å². The van der Waals surface area contributed by atoms with Gasteiger partial charge in [-0.1, -0.05) is 6.07 Å². The summed E-state index contributed by atoms with van der Waals surface area (Å²) in [7, 11) is 3.54. The zero-order chi connectivity index (χ0) is 13.1. The van der Waals surface area contributed by atoms with Gasteiger partial charge in [0.15, 0.2) is 5.58 Å². The van der Waals surface area contributed by atoms with E-state index in [1.165, 1.54) is 4.57 Å². The molecule has 0 aliphatic rings. The van der Waals surface area contributed by atoms with E-state index in [1.807, 2.05) is 19.2 Å². The number of aryl methyl sites for hydroxylation is 1. The van der Waals surface area contributed by atoms with Crippen LogP contribution in [-0.4, -0.2) is 11.6 Å². The normalized spacial score (nSPS) is 12.5. The summed E-state index contributed by atoms with van der Waals surface area (Å²) in [6, 6.07) is 7.90. The SMILES string of the molecule is CNC(CCC#N)c1ccc2oc(=O)n(C)c2c1. The maximum absolute atomic E-state index is 11.4. The Balaban J connectivity index is 2.42. The van der Waals surface area contributed by atoms with Crippen molar-refractivity contribution in [3.63, 3.8) is 0 Å². The van der Waals surface area contributed by atoms with Crippen molar-refractivity contribution in [1.82, 2.24) is 9.88 Å². The van der Waals surface area contributed by atoms with E-state index in [0.717, 1.165) is 17.5 Å². The first-order chi connectivity index (χ1) is 8.67. The lowest BCUT2D eigenvalue weighted by Gasteiger charge is -2.14. The topological polar surface area (TPSA) is 71.0 Å². The molecule has 0 radical (unpaired) electrons. The van der Waals surface area contributed by atoms with Gasteiger partial charge >= 0.3 is 5.76 Å². The van der Waals surface area contributed by atoms with E-state index in [1.54, 1.807) is 13.1 Å². The average molecular weight is 245 g/mol. The molecule has 94 valence electrons. The third kappa shape index (κ3) is 2.15. The number of oxazole rings is 1. The molecule has 0 spiro atoms. The number of fused-ring (bicyclic) bond motifs is 1. The highest BCUT2D eigenvalue weighted by Crippen LogP contribution is 2.22.